The fraction of sp³-hybridized carbons (Fsp3) is 0.214. The van der Waals surface area contributed by atoms with Crippen LogP contribution in [0, 0.1) is 10.1 Å². The van der Waals surface area contributed by atoms with Gasteiger partial charge in [-0.2, -0.15) is 0 Å². The number of fused-ring (bicyclic) bond motifs is 1. The Morgan fingerprint density at radius 3 is 2.46 bits per heavy atom. The van der Waals surface area contributed by atoms with E-state index in [9.17, 15) is 19.7 Å². The van der Waals surface area contributed by atoms with Crippen LogP contribution in [-0.4, -0.2) is 16.6 Å². The molecule has 0 bridgehead atoms. The Hall–Kier alpha value is -4.26. The van der Waals surface area contributed by atoms with Crippen LogP contribution < -0.4 is 10.2 Å². The van der Waals surface area contributed by atoms with Crippen LogP contribution in [0.5, 0.6) is 0 Å². The molecule has 0 radical (unpaired) electrons. The number of amides is 1. The highest BCUT2D eigenvalue weighted by Crippen LogP contribution is 2.47. The summed E-state index contributed by atoms with van der Waals surface area (Å²) in [6.07, 6.45) is 1.13. The number of ketones is 1. The zero-order valence-corrected chi connectivity index (χ0v) is 19.3. The van der Waals surface area contributed by atoms with Crippen molar-refractivity contribution in [3.8, 4) is 0 Å². The number of allylic oxidation sites excluding steroid dienone is 1. The Morgan fingerprint density at radius 2 is 1.71 bits per heavy atom. The Kier molecular flexibility index (Phi) is 5.91. The number of rotatable bonds is 4. The summed E-state index contributed by atoms with van der Waals surface area (Å²) in [4.78, 5) is 39.9. The van der Waals surface area contributed by atoms with Gasteiger partial charge in [0.05, 0.1) is 22.3 Å². The number of nitrogens with one attached hydrogen (secondary N) is 1. The largest absolute Gasteiger partial charge is 0.357 e. The van der Waals surface area contributed by atoms with E-state index in [1.807, 2.05) is 54.6 Å². The number of non-ortho nitro benzene ring substituents is 1. The van der Waals surface area contributed by atoms with Crippen LogP contribution in [0.25, 0.3) is 0 Å². The summed E-state index contributed by atoms with van der Waals surface area (Å²) >= 11 is 0. The first-order valence-corrected chi connectivity index (χ1v) is 11.7. The fourth-order valence-electron chi connectivity index (χ4n) is 5.12. The lowest BCUT2D eigenvalue weighted by atomic mass is 9.78. The molecule has 0 fully saturated rings. The normalized spacial score (nSPS) is 19.3. The molecule has 0 spiro atoms. The van der Waals surface area contributed by atoms with Crippen molar-refractivity contribution in [2.24, 2.45) is 0 Å². The SMILES string of the molecule is CCC(=O)N1c2ccccc2NC2=C(C(=O)CC(c3ccccc3)C2)C1c1cccc([N+](=O)[O-])c1. The molecular weight excluding hydrogens is 442 g/mol. The number of carbonyl (C=O) groups excluding carboxylic acids is 2. The molecule has 7 heteroatoms. The maximum absolute atomic E-state index is 13.8. The average molecular weight is 468 g/mol. The van der Waals surface area contributed by atoms with Gasteiger partial charge in [0.2, 0.25) is 5.91 Å². The number of hydrogen-bond acceptors (Lipinski definition) is 5. The Labute approximate surface area is 203 Å². The summed E-state index contributed by atoms with van der Waals surface area (Å²) in [7, 11) is 0. The van der Waals surface area contributed by atoms with Gasteiger partial charge in [0.15, 0.2) is 5.78 Å². The van der Waals surface area contributed by atoms with Gasteiger partial charge in [0, 0.05) is 36.2 Å². The maximum Gasteiger partial charge on any atom is 0.269 e. The molecule has 2 unspecified atom stereocenters. The molecule has 0 saturated heterocycles. The topological polar surface area (TPSA) is 92.6 Å². The van der Waals surface area contributed by atoms with Crippen molar-refractivity contribution >= 4 is 28.8 Å². The van der Waals surface area contributed by atoms with Crippen molar-refractivity contribution in [1.82, 2.24) is 0 Å². The Morgan fingerprint density at radius 1 is 1.00 bits per heavy atom. The predicted molar refractivity (Wildman–Crippen MR) is 134 cm³/mol. The van der Waals surface area contributed by atoms with Crippen LogP contribution >= 0.6 is 0 Å². The second-order valence-electron chi connectivity index (χ2n) is 8.85. The minimum absolute atomic E-state index is 0.00120. The summed E-state index contributed by atoms with van der Waals surface area (Å²) in [6.45, 7) is 1.77. The number of Topliss-reactive ketones (excluding diaryl/α,β-unsaturated/α-hetero) is 1. The minimum Gasteiger partial charge on any atom is -0.357 e. The highest BCUT2D eigenvalue weighted by Gasteiger charge is 2.41. The first-order chi connectivity index (χ1) is 17.0. The second-order valence-corrected chi connectivity index (χ2v) is 8.85. The third-order valence-corrected chi connectivity index (χ3v) is 6.73. The molecule has 35 heavy (non-hydrogen) atoms. The molecule has 0 saturated carbocycles. The van der Waals surface area contributed by atoms with Crippen LogP contribution in [0.1, 0.15) is 49.3 Å². The molecule has 1 heterocycles. The zero-order chi connectivity index (χ0) is 24.5. The number of nitro benzene ring substituents is 1. The van der Waals surface area contributed by atoms with Crippen molar-refractivity contribution in [2.75, 3.05) is 10.2 Å². The minimum atomic E-state index is -0.766. The van der Waals surface area contributed by atoms with Gasteiger partial charge in [-0.3, -0.25) is 24.6 Å². The molecular formula is C28H25N3O4. The number of benzene rings is 3. The van der Waals surface area contributed by atoms with E-state index in [0.29, 0.717) is 29.7 Å². The summed E-state index contributed by atoms with van der Waals surface area (Å²) in [5, 5.41) is 15.0. The van der Waals surface area contributed by atoms with Crippen LogP contribution in [0.15, 0.2) is 90.1 Å². The van der Waals surface area contributed by atoms with E-state index in [1.165, 1.54) is 12.1 Å². The first-order valence-electron chi connectivity index (χ1n) is 11.7. The third-order valence-electron chi connectivity index (χ3n) is 6.73. The summed E-state index contributed by atoms with van der Waals surface area (Å²) < 4.78 is 0. The molecule has 1 amide bonds. The van der Waals surface area contributed by atoms with E-state index in [2.05, 4.69) is 5.32 Å². The molecule has 2 atom stereocenters. The number of nitrogens with zero attached hydrogens (tertiary/aromatic N) is 2. The van der Waals surface area contributed by atoms with Gasteiger partial charge in [-0.1, -0.05) is 61.5 Å². The van der Waals surface area contributed by atoms with Gasteiger partial charge >= 0.3 is 0 Å². The lowest BCUT2D eigenvalue weighted by molar-refractivity contribution is -0.384. The lowest BCUT2D eigenvalue weighted by Gasteiger charge is -2.35. The van der Waals surface area contributed by atoms with Crippen molar-refractivity contribution < 1.29 is 14.5 Å². The van der Waals surface area contributed by atoms with Gasteiger partial charge in [0.25, 0.3) is 5.69 Å². The number of hydrogen-bond donors (Lipinski definition) is 1. The van der Waals surface area contributed by atoms with Crippen LogP contribution in [0.3, 0.4) is 0 Å². The molecule has 2 aliphatic rings. The molecule has 1 N–H and O–H groups in total. The van der Waals surface area contributed by atoms with Crippen molar-refractivity contribution in [2.45, 2.75) is 38.1 Å². The predicted octanol–water partition coefficient (Wildman–Crippen LogP) is 5.91. The maximum atomic E-state index is 13.8. The van der Waals surface area contributed by atoms with Gasteiger partial charge in [0.1, 0.15) is 0 Å². The standard InChI is InChI=1S/C28H25N3O4/c1-2-26(33)30-24-14-7-6-13-22(24)29-23-16-20(18-9-4-3-5-10-18)17-25(32)27(23)28(30)19-11-8-12-21(15-19)31(34)35/h3-15,20,28-29H,2,16-17H2,1H3. The number of anilines is 2. The first kappa shape index (κ1) is 22.5. The molecule has 7 nitrogen and oxygen atoms in total. The van der Waals surface area contributed by atoms with Crippen LogP contribution in [-0.2, 0) is 9.59 Å². The quantitative estimate of drug-likeness (QED) is 0.381. The molecule has 5 rings (SSSR count). The molecule has 1 aliphatic heterocycles. The van der Waals surface area contributed by atoms with Crippen molar-refractivity contribution in [3.05, 3.63) is 111 Å². The molecule has 176 valence electrons. The Bertz CT molecular complexity index is 1350. The molecule has 1 aliphatic carbocycles. The van der Waals surface area contributed by atoms with E-state index in [1.54, 1.807) is 24.0 Å². The number of carbonyl (C=O) groups is 2. The molecule has 0 aromatic heterocycles. The van der Waals surface area contributed by atoms with Crippen LogP contribution in [0.2, 0.25) is 0 Å². The van der Waals surface area contributed by atoms with E-state index in [4.69, 9.17) is 0 Å². The summed E-state index contributed by atoms with van der Waals surface area (Å²) in [5.41, 5.74) is 4.18. The number of para-hydroxylation sites is 2. The van der Waals surface area contributed by atoms with Gasteiger partial charge in [-0.25, -0.2) is 0 Å². The van der Waals surface area contributed by atoms with Gasteiger partial charge in [-0.15, -0.1) is 0 Å². The van der Waals surface area contributed by atoms with Crippen molar-refractivity contribution in [1.29, 1.82) is 0 Å². The highest BCUT2D eigenvalue weighted by atomic mass is 16.6. The Balaban J connectivity index is 1.73. The molecule has 3 aromatic rings. The van der Waals surface area contributed by atoms with E-state index < -0.39 is 11.0 Å². The van der Waals surface area contributed by atoms with E-state index >= 15 is 0 Å². The smallest absolute Gasteiger partial charge is 0.269 e. The van der Waals surface area contributed by atoms with Gasteiger partial charge in [-0.05, 0) is 35.6 Å². The third kappa shape index (κ3) is 4.10. The monoisotopic (exact) mass is 467 g/mol. The summed E-state index contributed by atoms with van der Waals surface area (Å²) in [5.74, 6) is -0.227. The highest BCUT2D eigenvalue weighted by molar-refractivity contribution is 6.06. The average Bonchev–Trinajstić information content (AvgIpc) is 3.03. The fourth-order valence-corrected chi connectivity index (χ4v) is 5.12. The van der Waals surface area contributed by atoms with Gasteiger partial charge < -0.3 is 5.32 Å². The van der Waals surface area contributed by atoms with E-state index in [-0.39, 0.29) is 29.7 Å². The van der Waals surface area contributed by atoms with E-state index in [0.717, 1.165) is 16.9 Å². The summed E-state index contributed by atoms with van der Waals surface area (Å²) in [6, 6.07) is 22.9. The van der Waals surface area contributed by atoms with Crippen LogP contribution in [0.4, 0.5) is 17.1 Å². The number of nitro groups is 1. The van der Waals surface area contributed by atoms with Crippen molar-refractivity contribution in [3.63, 3.8) is 0 Å². The molecule has 3 aromatic carbocycles. The zero-order valence-electron chi connectivity index (χ0n) is 19.3. The lowest BCUT2D eigenvalue weighted by Crippen LogP contribution is -2.38. The second kappa shape index (κ2) is 9.18.